The van der Waals surface area contributed by atoms with Crippen LogP contribution in [0.25, 0.3) is 0 Å². The molecule has 1 heterocycles. The maximum absolute atomic E-state index is 11.9. The van der Waals surface area contributed by atoms with Gasteiger partial charge in [-0.2, -0.15) is 0 Å². The number of unbranched alkanes of at least 4 members (excludes halogenated alkanes) is 2. The SMILES string of the molecule is C#CCCCCC(=O)N1CCCCC1C(=O)O. The van der Waals surface area contributed by atoms with Crippen LogP contribution in [0.4, 0.5) is 0 Å². The summed E-state index contributed by atoms with van der Waals surface area (Å²) in [6.45, 7) is 0.574. The quantitative estimate of drug-likeness (QED) is 0.584. The second-order valence-corrected chi connectivity index (χ2v) is 4.35. The van der Waals surface area contributed by atoms with Gasteiger partial charge in [0, 0.05) is 19.4 Å². The highest BCUT2D eigenvalue weighted by atomic mass is 16.4. The van der Waals surface area contributed by atoms with E-state index < -0.39 is 12.0 Å². The second kappa shape index (κ2) is 6.95. The summed E-state index contributed by atoms with van der Waals surface area (Å²) in [7, 11) is 0. The van der Waals surface area contributed by atoms with Gasteiger partial charge in [0.1, 0.15) is 6.04 Å². The summed E-state index contributed by atoms with van der Waals surface area (Å²) >= 11 is 0. The molecule has 0 aromatic heterocycles. The Hall–Kier alpha value is -1.50. The normalized spacial score (nSPS) is 19.7. The van der Waals surface area contributed by atoms with Crippen LogP contribution < -0.4 is 0 Å². The molecule has 17 heavy (non-hydrogen) atoms. The number of nitrogens with zero attached hydrogens (tertiary/aromatic N) is 1. The van der Waals surface area contributed by atoms with Crippen molar-refractivity contribution >= 4 is 11.9 Å². The Balaban J connectivity index is 2.42. The molecule has 4 heteroatoms. The van der Waals surface area contributed by atoms with Gasteiger partial charge in [-0.25, -0.2) is 4.79 Å². The predicted molar refractivity (Wildman–Crippen MR) is 64.3 cm³/mol. The largest absolute Gasteiger partial charge is 0.480 e. The Labute approximate surface area is 102 Å². The van der Waals surface area contributed by atoms with Crippen molar-refractivity contribution in [3.63, 3.8) is 0 Å². The Kier molecular flexibility index (Phi) is 5.55. The van der Waals surface area contributed by atoms with E-state index in [0.717, 1.165) is 25.7 Å². The van der Waals surface area contributed by atoms with Crippen LogP contribution >= 0.6 is 0 Å². The van der Waals surface area contributed by atoms with Crippen LogP contribution in [0.1, 0.15) is 44.9 Å². The van der Waals surface area contributed by atoms with Gasteiger partial charge < -0.3 is 10.0 Å². The van der Waals surface area contributed by atoms with E-state index in [1.807, 2.05) is 0 Å². The lowest BCUT2D eigenvalue weighted by Gasteiger charge is -2.33. The molecule has 4 nitrogen and oxygen atoms in total. The fourth-order valence-electron chi connectivity index (χ4n) is 2.13. The van der Waals surface area contributed by atoms with E-state index in [2.05, 4.69) is 5.92 Å². The van der Waals surface area contributed by atoms with Gasteiger partial charge in [-0.05, 0) is 32.1 Å². The lowest BCUT2D eigenvalue weighted by molar-refractivity contribution is -0.152. The van der Waals surface area contributed by atoms with E-state index in [1.54, 1.807) is 0 Å². The summed E-state index contributed by atoms with van der Waals surface area (Å²) in [6, 6.07) is -0.621. The summed E-state index contributed by atoms with van der Waals surface area (Å²) < 4.78 is 0. The highest BCUT2D eigenvalue weighted by Gasteiger charge is 2.31. The van der Waals surface area contributed by atoms with E-state index in [1.165, 1.54) is 4.90 Å². The lowest BCUT2D eigenvalue weighted by Crippen LogP contribution is -2.47. The minimum Gasteiger partial charge on any atom is -0.480 e. The molecular weight excluding hydrogens is 218 g/mol. The summed E-state index contributed by atoms with van der Waals surface area (Å²) in [5, 5.41) is 9.05. The molecule has 1 unspecified atom stereocenters. The number of amides is 1. The van der Waals surface area contributed by atoms with Crippen molar-refractivity contribution in [2.75, 3.05) is 6.54 Å². The summed E-state index contributed by atoms with van der Waals surface area (Å²) in [5.74, 6) is 1.59. The number of piperidine rings is 1. The molecule has 0 radical (unpaired) electrons. The second-order valence-electron chi connectivity index (χ2n) is 4.35. The molecule has 0 saturated carbocycles. The van der Waals surface area contributed by atoms with E-state index in [-0.39, 0.29) is 5.91 Å². The van der Waals surface area contributed by atoms with Gasteiger partial charge in [-0.15, -0.1) is 12.3 Å². The number of carbonyl (C=O) groups is 2. The van der Waals surface area contributed by atoms with E-state index in [0.29, 0.717) is 25.8 Å². The fraction of sp³-hybridized carbons (Fsp3) is 0.692. The van der Waals surface area contributed by atoms with Crippen molar-refractivity contribution in [1.29, 1.82) is 0 Å². The summed E-state index contributed by atoms with van der Waals surface area (Å²) in [6.07, 6.45) is 10.1. The Bertz CT molecular complexity index is 319. The van der Waals surface area contributed by atoms with Crippen LogP contribution in [-0.2, 0) is 9.59 Å². The third kappa shape index (κ3) is 4.10. The van der Waals surface area contributed by atoms with E-state index in [9.17, 15) is 9.59 Å². The van der Waals surface area contributed by atoms with Crippen LogP contribution in [-0.4, -0.2) is 34.5 Å². The number of carboxylic acids is 1. The summed E-state index contributed by atoms with van der Waals surface area (Å²) in [4.78, 5) is 24.4. The zero-order valence-corrected chi connectivity index (χ0v) is 10.0. The Morgan fingerprint density at radius 1 is 1.35 bits per heavy atom. The molecule has 1 atom stereocenters. The third-order valence-electron chi connectivity index (χ3n) is 3.07. The first kappa shape index (κ1) is 13.6. The number of aliphatic carboxylic acids is 1. The van der Waals surface area contributed by atoms with Gasteiger partial charge in [0.15, 0.2) is 0 Å². The minimum absolute atomic E-state index is 0.0471. The van der Waals surface area contributed by atoms with Crippen LogP contribution in [0.15, 0.2) is 0 Å². The fourth-order valence-corrected chi connectivity index (χ4v) is 2.13. The van der Waals surface area contributed by atoms with Crippen LogP contribution in [0.2, 0.25) is 0 Å². The maximum atomic E-state index is 11.9. The van der Waals surface area contributed by atoms with E-state index >= 15 is 0 Å². The monoisotopic (exact) mass is 237 g/mol. The summed E-state index contributed by atoms with van der Waals surface area (Å²) in [5.41, 5.74) is 0. The molecular formula is C13H19NO3. The molecule has 1 aliphatic heterocycles. The number of carbonyl (C=O) groups excluding carboxylic acids is 1. The topological polar surface area (TPSA) is 57.6 Å². The van der Waals surface area contributed by atoms with Crippen LogP contribution in [0, 0.1) is 12.3 Å². The molecule has 0 aliphatic carbocycles. The van der Waals surface area contributed by atoms with Gasteiger partial charge >= 0.3 is 5.97 Å². The molecule has 1 aliphatic rings. The molecule has 1 N–H and O–H groups in total. The Morgan fingerprint density at radius 3 is 2.76 bits per heavy atom. The molecule has 1 saturated heterocycles. The Morgan fingerprint density at radius 2 is 2.12 bits per heavy atom. The van der Waals surface area contributed by atoms with Gasteiger partial charge in [0.05, 0.1) is 0 Å². The van der Waals surface area contributed by atoms with Crippen molar-refractivity contribution in [1.82, 2.24) is 4.90 Å². The zero-order valence-electron chi connectivity index (χ0n) is 10.0. The molecule has 0 aromatic rings. The van der Waals surface area contributed by atoms with E-state index in [4.69, 9.17) is 11.5 Å². The molecule has 0 bridgehead atoms. The predicted octanol–water partition coefficient (Wildman–Crippen LogP) is 1.65. The third-order valence-corrected chi connectivity index (χ3v) is 3.07. The molecule has 0 spiro atoms. The molecule has 1 amide bonds. The highest BCUT2D eigenvalue weighted by molar-refractivity contribution is 5.83. The first-order valence-corrected chi connectivity index (χ1v) is 6.12. The lowest BCUT2D eigenvalue weighted by atomic mass is 10.0. The molecule has 94 valence electrons. The van der Waals surface area contributed by atoms with Gasteiger partial charge in [-0.3, -0.25) is 4.79 Å². The number of terminal acetylenes is 1. The average molecular weight is 237 g/mol. The smallest absolute Gasteiger partial charge is 0.326 e. The van der Waals surface area contributed by atoms with Crippen molar-refractivity contribution in [2.24, 2.45) is 0 Å². The minimum atomic E-state index is -0.887. The van der Waals surface area contributed by atoms with Gasteiger partial charge in [0.2, 0.25) is 5.91 Å². The molecule has 0 aromatic carbocycles. The van der Waals surface area contributed by atoms with Crippen molar-refractivity contribution in [3.8, 4) is 12.3 Å². The van der Waals surface area contributed by atoms with Crippen molar-refractivity contribution < 1.29 is 14.7 Å². The van der Waals surface area contributed by atoms with Crippen LogP contribution in [0.5, 0.6) is 0 Å². The average Bonchev–Trinajstić information content (AvgIpc) is 2.34. The zero-order chi connectivity index (χ0) is 12.7. The number of hydrogen-bond acceptors (Lipinski definition) is 2. The molecule has 1 rings (SSSR count). The van der Waals surface area contributed by atoms with Gasteiger partial charge in [-0.1, -0.05) is 0 Å². The van der Waals surface area contributed by atoms with Crippen molar-refractivity contribution in [3.05, 3.63) is 0 Å². The standard InChI is InChI=1S/C13H19NO3/c1-2-3-4-5-9-12(15)14-10-7-6-8-11(14)13(16)17/h1,11H,3-10H2,(H,16,17). The van der Waals surface area contributed by atoms with Crippen LogP contribution in [0.3, 0.4) is 0 Å². The highest BCUT2D eigenvalue weighted by Crippen LogP contribution is 2.19. The number of carboxylic acid groups (broad SMARTS) is 1. The first-order valence-electron chi connectivity index (χ1n) is 6.12. The van der Waals surface area contributed by atoms with Crippen molar-refractivity contribution in [2.45, 2.75) is 51.0 Å². The molecule has 1 fully saturated rings. The number of rotatable bonds is 5. The number of hydrogen-bond donors (Lipinski definition) is 1. The number of likely N-dealkylation sites (tertiary alicyclic amines) is 1. The van der Waals surface area contributed by atoms with Gasteiger partial charge in [0.25, 0.3) is 0 Å². The maximum Gasteiger partial charge on any atom is 0.326 e. The first-order chi connectivity index (χ1) is 8.16.